The van der Waals surface area contributed by atoms with Crippen LogP contribution in [0.2, 0.25) is 0 Å². The Bertz CT molecular complexity index is 498. The lowest BCUT2D eigenvalue weighted by Gasteiger charge is -2.52. The van der Waals surface area contributed by atoms with Crippen molar-refractivity contribution in [1.82, 2.24) is 0 Å². The first-order valence-electron chi connectivity index (χ1n) is 7.10. The standard InChI is InChI=1S/C15H20O5/c1-8-9-4-6-14(2)10(16)5-7-15(3,20-18)12(14)11(9)19-13(8)17/h5,7-9,11-12,18H,4,6H2,1-3H3/t8-,9-,11-,12+,14-,15+/m0/s1. The minimum absolute atomic E-state index is 0.0195. The summed E-state index contributed by atoms with van der Waals surface area (Å²) in [5.74, 6) is -0.620. The summed E-state index contributed by atoms with van der Waals surface area (Å²) in [6.45, 7) is 5.49. The van der Waals surface area contributed by atoms with E-state index in [1.807, 2.05) is 13.8 Å². The molecule has 0 aromatic carbocycles. The van der Waals surface area contributed by atoms with E-state index in [0.29, 0.717) is 6.42 Å². The Balaban J connectivity index is 2.09. The average Bonchev–Trinajstić information content (AvgIpc) is 2.70. The van der Waals surface area contributed by atoms with Crippen molar-refractivity contribution in [1.29, 1.82) is 0 Å². The summed E-state index contributed by atoms with van der Waals surface area (Å²) in [5, 5.41) is 9.34. The molecular weight excluding hydrogens is 260 g/mol. The topological polar surface area (TPSA) is 72.8 Å². The number of carbonyl (C=O) groups excluding carboxylic acids is 2. The van der Waals surface area contributed by atoms with E-state index in [1.54, 1.807) is 13.0 Å². The maximum Gasteiger partial charge on any atom is 0.309 e. The van der Waals surface area contributed by atoms with E-state index in [-0.39, 0.29) is 35.6 Å². The van der Waals surface area contributed by atoms with Crippen molar-refractivity contribution in [3.63, 3.8) is 0 Å². The summed E-state index contributed by atoms with van der Waals surface area (Å²) in [6, 6.07) is 0. The number of ketones is 1. The van der Waals surface area contributed by atoms with Crippen LogP contribution in [0.25, 0.3) is 0 Å². The molecule has 110 valence electrons. The van der Waals surface area contributed by atoms with Crippen LogP contribution in [0.3, 0.4) is 0 Å². The van der Waals surface area contributed by atoms with Gasteiger partial charge in [0.15, 0.2) is 5.78 Å². The summed E-state index contributed by atoms with van der Waals surface area (Å²) in [4.78, 5) is 28.9. The first-order chi connectivity index (χ1) is 9.33. The van der Waals surface area contributed by atoms with Crippen molar-refractivity contribution in [3.05, 3.63) is 12.2 Å². The van der Waals surface area contributed by atoms with Crippen molar-refractivity contribution in [2.45, 2.75) is 45.3 Å². The molecule has 2 aliphatic carbocycles. The molecule has 6 atom stereocenters. The molecule has 3 aliphatic rings. The molecule has 0 amide bonds. The first-order valence-corrected chi connectivity index (χ1v) is 7.10. The second kappa shape index (κ2) is 4.15. The van der Waals surface area contributed by atoms with Gasteiger partial charge < -0.3 is 4.74 Å². The summed E-state index contributed by atoms with van der Waals surface area (Å²) in [6.07, 6.45) is 4.16. The number of ether oxygens (including phenoxy) is 1. The smallest absolute Gasteiger partial charge is 0.309 e. The van der Waals surface area contributed by atoms with E-state index < -0.39 is 11.0 Å². The highest BCUT2D eigenvalue weighted by atomic mass is 17.1. The Morgan fingerprint density at radius 1 is 1.40 bits per heavy atom. The van der Waals surface area contributed by atoms with Gasteiger partial charge in [-0.05, 0) is 31.9 Å². The molecule has 0 unspecified atom stereocenters. The Morgan fingerprint density at radius 2 is 2.10 bits per heavy atom. The van der Waals surface area contributed by atoms with Crippen molar-refractivity contribution in [2.24, 2.45) is 23.2 Å². The molecular formula is C15H20O5. The highest BCUT2D eigenvalue weighted by Crippen LogP contribution is 2.56. The maximum atomic E-state index is 12.3. The quantitative estimate of drug-likeness (QED) is 0.451. The third-order valence-corrected chi connectivity index (χ3v) is 5.64. The molecule has 1 N–H and O–H groups in total. The Morgan fingerprint density at radius 3 is 2.75 bits per heavy atom. The number of hydrogen-bond donors (Lipinski definition) is 1. The van der Waals surface area contributed by atoms with Crippen LogP contribution in [0.15, 0.2) is 12.2 Å². The van der Waals surface area contributed by atoms with Crippen LogP contribution in [0.4, 0.5) is 0 Å². The van der Waals surface area contributed by atoms with Crippen LogP contribution in [-0.4, -0.2) is 28.7 Å². The number of fused-ring (bicyclic) bond motifs is 3. The van der Waals surface area contributed by atoms with Gasteiger partial charge in [0, 0.05) is 17.3 Å². The molecule has 0 aromatic rings. The van der Waals surface area contributed by atoms with E-state index in [1.165, 1.54) is 6.08 Å². The fraction of sp³-hybridized carbons (Fsp3) is 0.733. The van der Waals surface area contributed by atoms with E-state index in [0.717, 1.165) is 6.42 Å². The number of rotatable bonds is 1. The SMILES string of the molecule is C[C@@H]1C(=O)O[C@H]2[C@H]1CC[C@@]1(C)C(=O)C=C[C@@](C)(OO)[C@H]21. The number of hydrogen-bond acceptors (Lipinski definition) is 5. The lowest BCUT2D eigenvalue weighted by atomic mass is 9.53. The van der Waals surface area contributed by atoms with Gasteiger partial charge in [0.25, 0.3) is 0 Å². The van der Waals surface area contributed by atoms with Gasteiger partial charge >= 0.3 is 5.97 Å². The molecule has 2 fully saturated rings. The van der Waals surface area contributed by atoms with Crippen LogP contribution in [0.1, 0.15) is 33.6 Å². The molecule has 0 aromatic heterocycles. The lowest BCUT2D eigenvalue weighted by Crippen LogP contribution is -2.60. The van der Waals surface area contributed by atoms with Gasteiger partial charge in [-0.2, -0.15) is 0 Å². The van der Waals surface area contributed by atoms with Gasteiger partial charge in [0.2, 0.25) is 0 Å². The van der Waals surface area contributed by atoms with Crippen molar-refractivity contribution >= 4 is 11.8 Å². The normalized spacial score (nSPS) is 50.6. The average molecular weight is 280 g/mol. The van der Waals surface area contributed by atoms with Crippen molar-refractivity contribution in [3.8, 4) is 0 Å². The van der Waals surface area contributed by atoms with Gasteiger partial charge in [0.1, 0.15) is 11.7 Å². The maximum absolute atomic E-state index is 12.3. The molecule has 20 heavy (non-hydrogen) atoms. The summed E-state index contributed by atoms with van der Waals surface area (Å²) in [5.41, 5.74) is -1.66. The minimum atomic E-state index is -1.00. The number of allylic oxidation sites excluding steroid dienone is 1. The van der Waals surface area contributed by atoms with Crippen molar-refractivity contribution in [2.75, 3.05) is 0 Å². The highest BCUT2D eigenvalue weighted by Gasteiger charge is 2.63. The first kappa shape index (κ1) is 13.8. The lowest BCUT2D eigenvalue weighted by molar-refractivity contribution is -0.334. The van der Waals surface area contributed by atoms with E-state index >= 15 is 0 Å². The molecule has 0 bridgehead atoms. The van der Waals surface area contributed by atoms with E-state index in [4.69, 9.17) is 9.62 Å². The summed E-state index contributed by atoms with van der Waals surface area (Å²) >= 11 is 0. The van der Waals surface area contributed by atoms with Gasteiger partial charge in [-0.15, -0.1) is 0 Å². The summed E-state index contributed by atoms with van der Waals surface area (Å²) in [7, 11) is 0. The van der Waals surface area contributed by atoms with Crippen molar-refractivity contribution < 1.29 is 24.5 Å². The van der Waals surface area contributed by atoms with Gasteiger partial charge in [-0.25, -0.2) is 4.89 Å². The Hall–Kier alpha value is -1.20. The van der Waals surface area contributed by atoms with E-state index in [9.17, 15) is 14.8 Å². The fourth-order valence-electron chi connectivity index (χ4n) is 4.36. The third-order valence-electron chi connectivity index (χ3n) is 5.64. The number of esters is 1. The second-order valence-electron chi connectivity index (χ2n) is 6.76. The summed E-state index contributed by atoms with van der Waals surface area (Å²) < 4.78 is 5.54. The molecule has 5 nitrogen and oxygen atoms in total. The molecule has 1 saturated carbocycles. The molecule has 3 rings (SSSR count). The van der Waals surface area contributed by atoms with Crippen LogP contribution in [-0.2, 0) is 19.2 Å². The molecule has 5 heteroatoms. The highest BCUT2D eigenvalue weighted by molar-refractivity contribution is 5.96. The Kier molecular flexibility index (Phi) is 2.86. The molecule has 1 aliphatic heterocycles. The third kappa shape index (κ3) is 1.56. The monoisotopic (exact) mass is 280 g/mol. The zero-order valence-corrected chi connectivity index (χ0v) is 12.0. The molecule has 1 heterocycles. The van der Waals surface area contributed by atoms with Gasteiger partial charge in [0.05, 0.1) is 5.92 Å². The predicted molar refractivity (Wildman–Crippen MR) is 69.6 cm³/mol. The fourth-order valence-corrected chi connectivity index (χ4v) is 4.36. The second-order valence-corrected chi connectivity index (χ2v) is 6.76. The Labute approximate surface area is 117 Å². The molecule has 0 radical (unpaired) electrons. The van der Waals surface area contributed by atoms with Crippen LogP contribution < -0.4 is 0 Å². The minimum Gasteiger partial charge on any atom is -0.461 e. The zero-order chi connectivity index (χ0) is 14.7. The predicted octanol–water partition coefficient (Wildman–Crippen LogP) is 1.97. The van der Waals surface area contributed by atoms with Crippen LogP contribution >= 0.6 is 0 Å². The van der Waals surface area contributed by atoms with E-state index in [2.05, 4.69) is 0 Å². The zero-order valence-electron chi connectivity index (χ0n) is 12.0. The van der Waals surface area contributed by atoms with Gasteiger partial charge in [-0.3, -0.25) is 14.8 Å². The number of carbonyl (C=O) groups is 2. The largest absolute Gasteiger partial charge is 0.461 e. The van der Waals surface area contributed by atoms with Crippen LogP contribution in [0.5, 0.6) is 0 Å². The van der Waals surface area contributed by atoms with Crippen LogP contribution in [0, 0.1) is 23.2 Å². The van der Waals surface area contributed by atoms with Gasteiger partial charge in [-0.1, -0.05) is 13.8 Å². The molecule has 1 saturated heterocycles. The molecule has 0 spiro atoms.